The minimum Gasteiger partial charge on any atom is -0.368 e. The van der Waals surface area contributed by atoms with Crippen LogP contribution in [0.1, 0.15) is 41.5 Å². The summed E-state index contributed by atoms with van der Waals surface area (Å²) in [7, 11) is 0. The molecule has 2 N–H and O–H groups in total. The number of aryl methyl sites for hydroxylation is 1. The number of aromatic nitrogens is 4. The molecule has 4 aromatic rings. The summed E-state index contributed by atoms with van der Waals surface area (Å²) >= 11 is 0. The lowest BCUT2D eigenvalue weighted by molar-refractivity contribution is -0.136. The van der Waals surface area contributed by atoms with Gasteiger partial charge >= 0.3 is 6.18 Å². The van der Waals surface area contributed by atoms with E-state index in [1.54, 1.807) is 11.8 Å². The zero-order valence-corrected chi connectivity index (χ0v) is 19.4. The fourth-order valence-electron chi connectivity index (χ4n) is 4.78. The molecule has 1 unspecified atom stereocenters. The lowest BCUT2D eigenvalue weighted by Crippen LogP contribution is -2.33. The van der Waals surface area contributed by atoms with Crippen molar-refractivity contribution in [2.75, 3.05) is 17.2 Å². The Bertz CT molecular complexity index is 1640. The number of nitrogen functional groups attached to an aromatic ring is 1. The number of nitrogens with zero attached hydrogens (tertiary/aromatic N) is 6. The molecule has 188 valence electrons. The van der Waals surface area contributed by atoms with E-state index < -0.39 is 34.5 Å². The summed E-state index contributed by atoms with van der Waals surface area (Å²) in [5, 5.41) is 9.13. The lowest BCUT2D eigenvalue weighted by atomic mass is 10.1. The number of anilines is 2. The maximum atomic E-state index is 14.2. The van der Waals surface area contributed by atoms with Crippen molar-refractivity contribution < 1.29 is 17.6 Å². The number of nitrogens with two attached hydrogens (primary N) is 1. The Kier molecular flexibility index (Phi) is 5.78. The van der Waals surface area contributed by atoms with Crippen LogP contribution in [0.5, 0.6) is 0 Å². The van der Waals surface area contributed by atoms with Gasteiger partial charge in [0, 0.05) is 6.54 Å². The van der Waals surface area contributed by atoms with Crippen molar-refractivity contribution in [1.29, 1.82) is 5.26 Å². The zero-order valence-electron chi connectivity index (χ0n) is 19.4. The SMILES string of the molecule is Cc1nc(N)nc(N2CCCC2c2nc3cccc(C(F)(F)F)c3c(=O)n2-c2cccc(F)c2)c1C#N. The molecule has 0 aliphatic carbocycles. The van der Waals surface area contributed by atoms with Gasteiger partial charge in [-0.05, 0) is 50.1 Å². The molecule has 0 saturated carbocycles. The molecule has 1 aliphatic rings. The Morgan fingerprint density at radius 1 is 1.14 bits per heavy atom. The summed E-state index contributed by atoms with van der Waals surface area (Å²) < 4.78 is 56.7. The fourth-order valence-corrected chi connectivity index (χ4v) is 4.78. The van der Waals surface area contributed by atoms with Crippen molar-refractivity contribution in [1.82, 2.24) is 19.5 Å². The first-order chi connectivity index (χ1) is 17.6. The Morgan fingerprint density at radius 2 is 1.89 bits per heavy atom. The van der Waals surface area contributed by atoms with E-state index in [1.165, 1.54) is 24.3 Å². The van der Waals surface area contributed by atoms with E-state index in [9.17, 15) is 27.6 Å². The number of alkyl halides is 3. The van der Waals surface area contributed by atoms with Gasteiger partial charge in [-0.25, -0.2) is 14.4 Å². The monoisotopic (exact) mass is 509 g/mol. The minimum absolute atomic E-state index is 0.0251. The molecule has 2 aromatic carbocycles. The second kappa shape index (κ2) is 8.85. The normalized spacial score (nSPS) is 15.8. The third-order valence-corrected chi connectivity index (χ3v) is 6.32. The summed E-state index contributed by atoms with van der Waals surface area (Å²) in [6.45, 7) is 2.02. The van der Waals surface area contributed by atoms with Gasteiger partial charge < -0.3 is 10.6 Å². The largest absolute Gasteiger partial charge is 0.417 e. The van der Waals surface area contributed by atoms with Crippen LogP contribution < -0.4 is 16.2 Å². The molecule has 5 rings (SSSR count). The van der Waals surface area contributed by atoms with Crippen molar-refractivity contribution in [3.05, 3.63) is 81.3 Å². The highest BCUT2D eigenvalue weighted by Gasteiger charge is 2.37. The van der Waals surface area contributed by atoms with E-state index in [0.717, 1.165) is 22.8 Å². The average Bonchev–Trinajstić information content (AvgIpc) is 3.32. The van der Waals surface area contributed by atoms with Crippen LogP contribution in [0.4, 0.5) is 29.3 Å². The van der Waals surface area contributed by atoms with E-state index in [1.807, 2.05) is 0 Å². The number of benzene rings is 2. The lowest BCUT2D eigenvalue weighted by Gasteiger charge is -2.28. The van der Waals surface area contributed by atoms with Crippen LogP contribution in [0.2, 0.25) is 0 Å². The Labute approximate surface area is 207 Å². The molecule has 0 spiro atoms. The average molecular weight is 509 g/mol. The van der Waals surface area contributed by atoms with E-state index in [2.05, 4.69) is 21.0 Å². The van der Waals surface area contributed by atoms with E-state index in [4.69, 9.17) is 5.73 Å². The number of hydrogen-bond acceptors (Lipinski definition) is 7. The van der Waals surface area contributed by atoms with Gasteiger partial charge in [0.2, 0.25) is 5.95 Å². The van der Waals surface area contributed by atoms with Gasteiger partial charge in [-0.1, -0.05) is 12.1 Å². The molecule has 1 saturated heterocycles. The van der Waals surface area contributed by atoms with Crippen LogP contribution in [-0.4, -0.2) is 26.1 Å². The molecule has 8 nitrogen and oxygen atoms in total. The molecule has 37 heavy (non-hydrogen) atoms. The molecule has 1 aliphatic heterocycles. The van der Waals surface area contributed by atoms with Gasteiger partial charge in [-0.2, -0.15) is 23.4 Å². The summed E-state index contributed by atoms with van der Waals surface area (Å²) in [6.07, 6.45) is -3.75. The van der Waals surface area contributed by atoms with Gasteiger partial charge in [-0.15, -0.1) is 0 Å². The van der Waals surface area contributed by atoms with Gasteiger partial charge in [0.25, 0.3) is 5.56 Å². The van der Waals surface area contributed by atoms with Crippen molar-refractivity contribution >= 4 is 22.7 Å². The second-order valence-electron chi connectivity index (χ2n) is 8.62. The molecular formula is C25H19F4N7O. The Balaban J connectivity index is 1.83. The van der Waals surface area contributed by atoms with Gasteiger partial charge in [0.15, 0.2) is 5.82 Å². The smallest absolute Gasteiger partial charge is 0.368 e. The van der Waals surface area contributed by atoms with Crippen LogP contribution in [0.3, 0.4) is 0 Å². The van der Waals surface area contributed by atoms with Crippen molar-refractivity contribution in [2.24, 2.45) is 0 Å². The molecule has 3 heterocycles. The van der Waals surface area contributed by atoms with Crippen LogP contribution in [0, 0.1) is 24.1 Å². The van der Waals surface area contributed by atoms with E-state index in [-0.39, 0.29) is 34.4 Å². The number of halogens is 4. The molecule has 0 amide bonds. The van der Waals surface area contributed by atoms with Crippen molar-refractivity contribution in [3.8, 4) is 11.8 Å². The second-order valence-corrected chi connectivity index (χ2v) is 8.62. The first kappa shape index (κ1) is 24.2. The van der Waals surface area contributed by atoms with Crippen LogP contribution >= 0.6 is 0 Å². The third-order valence-electron chi connectivity index (χ3n) is 6.32. The fraction of sp³-hybridized carbons (Fsp3) is 0.240. The zero-order chi connectivity index (χ0) is 26.5. The number of fused-ring (bicyclic) bond motifs is 1. The first-order valence-corrected chi connectivity index (χ1v) is 11.3. The molecular weight excluding hydrogens is 490 g/mol. The maximum Gasteiger partial charge on any atom is 0.417 e. The molecule has 12 heteroatoms. The highest BCUT2D eigenvalue weighted by Crippen LogP contribution is 2.39. The van der Waals surface area contributed by atoms with Gasteiger partial charge in [0.05, 0.1) is 33.9 Å². The minimum atomic E-state index is -4.81. The predicted molar refractivity (Wildman–Crippen MR) is 128 cm³/mol. The molecule has 1 atom stereocenters. The Morgan fingerprint density at radius 3 is 2.59 bits per heavy atom. The molecule has 2 aromatic heterocycles. The maximum absolute atomic E-state index is 14.2. The highest BCUT2D eigenvalue weighted by atomic mass is 19.4. The highest BCUT2D eigenvalue weighted by molar-refractivity contribution is 5.82. The number of nitriles is 1. The topological polar surface area (TPSA) is 114 Å². The van der Waals surface area contributed by atoms with Crippen LogP contribution in [-0.2, 0) is 6.18 Å². The van der Waals surface area contributed by atoms with Crippen LogP contribution in [0.25, 0.3) is 16.6 Å². The molecule has 1 fully saturated rings. The summed E-state index contributed by atoms with van der Waals surface area (Å²) in [5.74, 6) is -0.396. The molecule has 0 bridgehead atoms. The summed E-state index contributed by atoms with van der Waals surface area (Å²) in [4.78, 5) is 28.3. The predicted octanol–water partition coefficient (Wildman–Crippen LogP) is 4.44. The van der Waals surface area contributed by atoms with Crippen molar-refractivity contribution in [3.63, 3.8) is 0 Å². The number of rotatable bonds is 3. The number of hydrogen-bond donors (Lipinski definition) is 1. The van der Waals surface area contributed by atoms with Gasteiger partial charge in [-0.3, -0.25) is 9.36 Å². The molecule has 0 radical (unpaired) electrons. The van der Waals surface area contributed by atoms with Crippen LogP contribution in [0.15, 0.2) is 47.3 Å². The van der Waals surface area contributed by atoms with E-state index >= 15 is 0 Å². The third kappa shape index (κ3) is 4.12. The summed E-state index contributed by atoms with van der Waals surface area (Å²) in [5.41, 5.74) is 4.16. The van der Waals surface area contributed by atoms with Crippen molar-refractivity contribution in [2.45, 2.75) is 32.0 Å². The first-order valence-electron chi connectivity index (χ1n) is 11.3. The van der Waals surface area contributed by atoms with E-state index in [0.29, 0.717) is 25.1 Å². The Hall–Kier alpha value is -4.53. The van der Waals surface area contributed by atoms with Gasteiger partial charge in [0.1, 0.15) is 23.3 Å². The summed E-state index contributed by atoms with van der Waals surface area (Å²) in [6, 6.07) is 9.73. The standard InChI is InChI=1S/C25H19F4N7O/c1-13-16(12-30)21(34-24(31)32-13)35-10-4-9-19(35)22-33-18-8-3-7-17(25(27,28)29)20(18)23(37)36(22)15-6-2-5-14(26)11-15/h2-3,5-8,11,19H,4,9-10H2,1H3,(H2,31,32,34). The quantitative estimate of drug-likeness (QED) is 0.406.